The lowest BCUT2D eigenvalue weighted by Crippen LogP contribution is -2.49. The number of aliphatic imine (C=N–C) groups is 1. The molecular weight excluding hydrogens is 274 g/mol. The molecule has 2 heterocycles. The maximum absolute atomic E-state index is 4.91. The zero-order chi connectivity index (χ0) is 16.0. The molecule has 2 rings (SSSR count). The molecule has 1 aliphatic rings. The van der Waals surface area contributed by atoms with Gasteiger partial charge >= 0.3 is 0 Å². The highest BCUT2D eigenvalue weighted by atomic mass is 15.2. The summed E-state index contributed by atoms with van der Waals surface area (Å²) >= 11 is 0. The summed E-state index contributed by atoms with van der Waals surface area (Å²) in [5, 5.41) is 10.3. The van der Waals surface area contributed by atoms with Crippen molar-refractivity contribution in [3.63, 3.8) is 0 Å². The summed E-state index contributed by atoms with van der Waals surface area (Å²) < 4.78 is 0. The lowest BCUT2D eigenvalue weighted by atomic mass is 10.1. The van der Waals surface area contributed by atoms with E-state index >= 15 is 0 Å². The smallest absolute Gasteiger partial charge is 0.155 e. The van der Waals surface area contributed by atoms with Crippen LogP contribution in [-0.4, -0.2) is 29.6 Å². The predicted molar refractivity (Wildman–Crippen MR) is 91.7 cm³/mol. The van der Waals surface area contributed by atoms with E-state index in [1.807, 2.05) is 25.1 Å². The number of amidine groups is 1. The van der Waals surface area contributed by atoms with Gasteiger partial charge in [0.1, 0.15) is 17.2 Å². The van der Waals surface area contributed by atoms with Crippen LogP contribution in [0.25, 0.3) is 0 Å². The van der Waals surface area contributed by atoms with Gasteiger partial charge in [0, 0.05) is 12.2 Å². The van der Waals surface area contributed by atoms with Crippen molar-refractivity contribution in [1.29, 1.82) is 0 Å². The van der Waals surface area contributed by atoms with Crippen LogP contribution in [-0.2, 0) is 0 Å². The molecule has 3 N–H and O–H groups in total. The third-order valence-corrected chi connectivity index (χ3v) is 3.67. The average molecular weight is 301 g/mol. The van der Waals surface area contributed by atoms with Crippen molar-refractivity contribution in [2.45, 2.75) is 46.2 Å². The zero-order valence-electron chi connectivity index (χ0n) is 14.0. The Morgan fingerprint density at radius 1 is 1.23 bits per heavy atom. The molecule has 1 aromatic heterocycles. The molecule has 22 heavy (non-hydrogen) atoms. The summed E-state index contributed by atoms with van der Waals surface area (Å²) in [6, 6.07) is 6.00. The minimum Gasteiger partial charge on any atom is -0.372 e. The first-order chi connectivity index (χ1) is 10.6. The number of nitrogens with one attached hydrogen (secondary N) is 3. The van der Waals surface area contributed by atoms with Gasteiger partial charge in [-0.2, -0.15) is 0 Å². The molecule has 0 radical (unpaired) electrons. The Bertz CT molecular complexity index is 564. The van der Waals surface area contributed by atoms with Crippen LogP contribution in [0.2, 0.25) is 0 Å². The van der Waals surface area contributed by atoms with Crippen molar-refractivity contribution in [2.75, 3.05) is 13.1 Å². The number of hydrogen-bond acceptors (Lipinski definition) is 5. The van der Waals surface area contributed by atoms with Gasteiger partial charge in [-0.25, -0.2) is 9.98 Å². The van der Waals surface area contributed by atoms with Crippen molar-refractivity contribution >= 4 is 5.84 Å². The van der Waals surface area contributed by atoms with Crippen LogP contribution in [0.1, 0.15) is 45.0 Å². The number of hydrogen-bond donors (Lipinski definition) is 3. The topological polar surface area (TPSA) is 61.3 Å². The number of aromatic nitrogens is 1. The maximum Gasteiger partial charge on any atom is 0.155 e. The third-order valence-electron chi connectivity index (χ3n) is 3.67. The standard InChI is InChI=1S/C17H27N5/c1-5-11-18-15-12-17(6-2,19-7-3)22-16(21-15)14-10-8-9-13(4)20-14/h8-10,12,18-19H,5-7,11H2,1-4H3,(H,21,22). The van der Waals surface area contributed by atoms with E-state index in [9.17, 15) is 0 Å². The molecule has 1 aliphatic heterocycles. The van der Waals surface area contributed by atoms with Crippen molar-refractivity contribution in [3.05, 3.63) is 41.5 Å². The van der Waals surface area contributed by atoms with E-state index in [-0.39, 0.29) is 5.66 Å². The molecule has 1 unspecified atom stereocenters. The molecule has 0 aromatic carbocycles. The molecule has 1 aromatic rings. The first-order valence-electron chi connectivity index (χ1n) is 8.15. The van der Waals surface area contributed by atoms with Gasteiger partial charge in [-0.05, 0) is 44.5 Å². The van der Waals surface area contributed by atoms with Crippen LogP contribution in [0.4, 0.5) is 0 Å². The van der Waals surface area contributed by atoms with E-state index in [1.54, 1.807) is 0 Å². The lowest BCUT2D eigenvalue weighted by Gasteiger charge is -2.33. The van der Waals surface area contributed by atoms with Gasteiger partial charge in [0.15, 0.2) is 5.84 Å². The van der Waals surface area contributed by atoms with Gasteiger partial charge in [0.25, 0.3) is 0 Å². The van der Waals surface area contributed by atoms with E-state index in [1.165, 1.54) is 0 Å². The largest absolute Gasteiger partial charge is 0.372 e. The number of aryl methyl sites for hydroxylation is 1. The lowest BCUT2D eigenvalue weighted by molar-refractivity contribution is 0.403. The maximum atomic E-state index is 4.91. The summed E-state index contributed by atoms with van der Waals surface area (Å²) in [6.45, 7) is 10.2. The number of pyridine rings is 1. The molecule has 0 bridgehead atoms. The normalized spacial score (nSPS) is 20.9. The first-order valence-corrected chi connectivity index (χ1v) is 8.15. The van der Waals surface area contributed by atoms with E-state index < -0.39 is 0 Å². The molecule has 0 fully saturated rings. The second-order valence-electron chi connectivity index (χ2n) is 5.54. The predicted octanol–water partition coefficient (Wildman–Crippen LogP) is 2.30. The first kappa shape index (κ1) is 16.5. The van der Waals surface area contributed by atoms with Gasteiger partial charge in [-0.3, -0.25) is 5.32 Å². The van der Waals surface area contributed by atoms with Crippen LogP contribution in [0.3, 0.4) is 0 Å². The van der Waals surface area contributed by atoms with Crippen LogP contribution < -0.4 is 16.0 Å². The molecule has 0 aliphatic carbocycles. The molecule has 5 heteroatoms. The number of rotatable bonds is 7. The fourth-order valence-corrected chi connectivity index (χ4v) is 2.52. The van der Waals surface area contributed by atoms with Crippen molar-refractivity contribution in [3.8, 4) is 0 Å². The van der Waals surface area contributed by atoms with Crippen LogP contribution in [0.5, 0.6) is 0 Å². The molecule has 120 valence electrons. The molecule has 0 saturated heterocycles. The highest BCUT2D eigenvalue weighted by Crippen LogP contribution is 2.20. The molecule has 0 saturated carbocycles. The van der Waals surface area contributed by atoms with Crippen molar-refractivity contribution < 1.29 is 0 Å². The second kappa shape index (κ2) is 7.40. The van der Waals surface area contributed by atoms with E-state index in [2.05, 4.69) is 47.8 Å². The van der Waals surface area contributed by atoms with Gasteiger partial charge in [-0.1, -0.05) is 26.8 Å². The van der Waals surface area contributed by atoms with E-state index in [4.69, 9.17) is 4.99 Å². The van der Waals surface area contributed by atoms with Gasteiger partial charge in [0.2, 0.25) is 0 Å². The van der Waals surface area contributed by atoms with Crippen molar-refractivity contribution in [2.24, 2.45) is 4.99 Å². The summed E-state index contributed by atoms with van der Waals surface area (Å²) in [5.74, 6) is 1.81. The van der Waals surface area contributed by atoms with Crippen LogP contribution in [0, 0.1) is 6.92 Å². The van der Waals surface area contributed by atoms with E-state index in [0.29, 0.717) is 0 Å². The molecular formula is C17H27N5. The van der Waals surface area contributed by atoms with Gasteiger partial charge in [0.05, 0.1) is 0 Å². The minimum absolute atomic E-state index is 0.378. The third kappa shape index (κ3) is 3.85. The summed E-state index contributed by atoms with van der Waals surface area (Å²) in [5.41, 5.74) is 1.49. The zero-order valence-corrected chi connectivity index (χ0v) is 14.0. The fraction of sp³-hybridized carbons (Fsp3) is 0.529. The Morgan fingerprint density at radius 3 is 2.68 bits per heavy atom. The van der Waals surface area contributed by atoms with Crippen LogP contribution >= 0.6 is 0 Å². The molecule has 5 nitrogen and oxygen atoms in total. The SMILES string of the molecule is CCCNC1=CC(CC)(NCC)N=C(c2cccc(C)n2)N1. The molecule has 1 atom stereocenters. The number of likely N-dealkylation sites (N-methyl/N-ethyl adjacent to an activating group) is 1. The van der Waals surface area contributed by atoms with Gasteiger partial charge < -0.3 is 10.6 Å². The Labute approximate surface area is 133 Å². The van der Waals surface area contributed by atoms with Crippen LogP contribution in [0.15, 0.2) is 35.1 Å². The minimum atomic E-state index is -0.378. The average Bonchev–Trinajstić information content (AvgIpc) is 2.53. The van der Waals surface area contributed by atoms with E-state index in [0.717, 1.165) is 49.0 Å². The fourth-order valence-electron chi connectivity index (χ4n) is 2.52. The Morgan fingerprint density at radius 2 is 2.05 bits per heavy atom. The summed E-state index contributed by atoms with van der Waals surface area (Å²) in [6.07, 6.45) is 4.11. The van der Waals surface area contributed by atoms with Gasteiger partial charge in [-0.15, -0.1) is 0 Å². The van der Waals surface area contributed by atoms with Crippen molar-refractivity contribution in [1.82, 2.24) is 20.9 Å². The Hall–Kier alpha value is -1.88. The molecule has 0 amide bonds. The Kier molecular flexibility index (Phi) is 5.55. The highest BCUT2D eigenvalue weighted by molar-refractivity contribution is 5.99. The summed E-state index contributed by atoms with van der Waals surface area (Å²) in [4.78, 5) is 9.50. The summed E-state index contributed by atoms with van der Waals surface area (Å²) in [7, 11) is 0. The highest BCUT2D eigenvalue weighted by Gasteiger charge is 2.29. The quantitative estimate of drug-likeness (QED) is 0.723. The molecule has 0 spiro atoms. The second-order valence-corrected chi connectivity index (χ2v) is 5.54. The number of nitrogens with zero attached hydrogens (tertiary/aromatic N) is 2. The monoisotopic (exact) mass is 301 g/mol. The Balaban J connectivity index is 2.36.